The van der Waals surface area contributed by atoms with Crippen LogP contribution in [-0.4, -0.2) is 63.1 Å². The highest BCUT2D eigenvalue weighted by Gasteiger charge is 2.16. The Kier molecular flexibility index (Phi) is 11.9. The van der Waals surface area contributed by atoms with Gasteiger partial charge in [-0.05, 0) is 62.1 Å². The predicted octanol–water partition coefficient (Wildman–Crippen LogP) is 3.83. The van der Waals surface area contributed by atoms with Gasteiger partial charge in [0.25, 0.3) is 11.8 Å². The summed E-state index contributed by atoms with van der Waals surface area (Å²) in [6.07, 6.45) is 1.57. The van der Waals surface area contributed by atoms with E-state index in [1.54, 1.807) is 54.7 Å². The summed E-state index contributed by atoms with van der Waals surface area (Å²) >= 11 is 0. The van der Waals surface area contributed by atoms with E-state index in [-0.39, 0.29) is 18.3 Å². The molecule has 38 heavy (non-hydrogen) atoms. The number of hydrogen-bond acceptors (Lipinski definition) is 8. The van der Waals surface area contributed by atoms with Crippen molar-refractivity contribution in [3.05, 3.63) is 71.4 Å². The maximum absolute atomic E-state index is 13.1. The lowest BCUT2D eigenvalue weighted by molar-refractivity contribution is 0.0949. The van der Waals surface area contributed by atoms with Gasteiger partial charge in [-0.25, -0.2) is 4.98 Å². The minimum atomic E-state index is -0.400. The van der Waals surface area contributed by atoms with E-state index in [1.165, 1.54) is 14.2 Å². The number of ether oxygens (including phenoxy) is 3. The highest BCUT2D eigenvalue weighted by Crippen LogP contribution is 2.26. The van der Waals surface area contributed by atoms with E-state index < -0.39 is 5.91 Å². The topological polar surface area (TPSA) is 128 Å². The van der Waals surface area contributed by atoms with Crippen LogP contribution in [0.2, 0.25) is 0 Å². The average Bonchev–Trinajstić information content (AvgIpc) is 2.92. The van der Waals surface area contributed by atoms with Crippen LogP contribution in [0.5, 0.6) is 17.2 Å². The quantitative estimate of drug-likeness (QED) is 0.346. The van der Waals surface area contributed by atoms with Gasteiger partial charge in [-0.1, -0.05) is 13.8 Å². The van der Waals surface area contributed by atoms with E-state index in [0.717, 1.165) is 0 Å². The summed E-state index contributed by atoms with van der Waals surface area (Å²) in [5.41, 5.74) is 7.66. The lowest BCUT2D eigenvalue weighted by atomic mass is 10.1. The molecule has 0 unspecified atom stereocenters. The Hall–Kier alpha value is -4.31. The molecular weight excluding hydrogens is 486 g/mol. The van der Waals surface area contributed by atoms with Crippen molar-refractivity contribution in [2.45, 2.75) is 20.5 Å². The molecule has 3 rings (SSSR count). The fraction of sp³-hybridized carbons (Fsp3) is 0.321. The van der Waals surface area contributed by atoms with Crippen molar-refractivity contribution in [2.24, 2.45) is 0 Å². The van der Waals surface area contributed by atoms with E-state index in [1.807, 2.05) is 32.8 Å². The summed E-state index contributed by atoms with van der Waals surface area (Å²) in [6, 6.07) is 13.4. The molecular formula is C28H37N5O5. The molecule has 0 aliphatic carbocycles. The van der Waals surface area contributed by atoms with E-state index in [0.29, 0.717) is 52.7 Å². The van der Waals surface area contributed by atoms with Crippen molar-refractivity contribution < 1.29 is 23.8 Å². The number of anilines is 2. The van der Waals surface area contributed by atoms with Crippen LogP contribution in [-0.2, 0) is 6.61 Å². The van der Waals surface area contributed by atoms with Gasteiger partial charge in [-0.2, -0.15) is 0 Å². The van der Waals surface area contributed by atoms with Crippen LogP contribution in [0.3, 0.4) is 0 Å². The molecule has 0 aliphatic heterocycles. The zero-order chi connectivity index (χ0) is 28.1. The Morgan fingerprint density at radius 1 is 0.974 bits per heavy atom. The van der Waals surface area contributed by atoms with Crippen molar-refractivity contribution in [1.82, 2.24) is 15.2 Å². The minimum absolute atomic E-state index is 0.115. The Labute approximate surface area is 224 Å². The molecule has 2 amide bonds. The highest BCUT2D eigenvalue weighted by molar-refractivity contribution is 6.07. The molecule has 0 bridgehead atoms. The largest absolute Gasteiger partial charge is 0.497 e. The maximum atomic E-state index is 13.1. The number of likely N-dealkylation sites (N-methyl/N-ethyl adjacent to an activating group) is 1. The molecule has 0 spiro atoms. The van der Waals surface area contributed by atoms with Crippen molar-refractivity contribution in [2.75, 3.05) is 52.5 Å². The van der Waals surface area contributed by atoms with Gasteiger partial charge in [-0.15, -0.1) is 0 Å². The number of nitrogen functional groups attached to an aromatic ring is 1. The number of benzene rings is 2. The summed E-state index contributed by atoms with van der Waals surface area (Å²) in [5.74, 6) is 0.941. The van der Waals surface area contributed by atoms with Crippen molar-refractivity contribution >= 4 is 23.3 Å². The molecule has 0 atom stereocenters. The maximum Gasteiger partial charge on any atom is 0.259 e. The molecule has 10 heteroatoms. The van der Waals surface area contributed by atoms with Gasteiger partial charge in [0.15, 0.2) is 11.6 Å². The van der Waals surface area contributed by atoms with Crippen molar-refractivity contribution in [3.63, 3.8) is 0 Å². The first-order valence-electron chi connectivity index (χ1n) is 12.2. The molecule has 3 aromatic rings. The normalized spacial score (nSPS) is 10.2. The van der Waals surface area contributed by atoms with E-state index >= 15 is 0 Å². The molecule has 0 fully saturated rings. The Bertz CT molecular complexity index is 1220. The van der Waals surface area contributed by atoms with Crippen LogP contribution >= 0.6 is 0 Å². The molecule has 4 N–H and O–H groups in total. The SMILES string of the molecule is CC.COc1ccc(C(=O)Nc2cc(COc3cccnc3N)cc(C(=O)NCCN(C)C)c2)c(OC)c1. The highest BCUT2D eigenvalue weighted by atomic mass is 16.5. The summed E-state index contributed by atoms with van der Waals surface area (Å²) in [7, 11) is 6.86. The lowest BCUT2D eigenvalue weighted by Crippen LogP contribution is -2.31. The number of rotatable bonds is 11. The lowest BCUT2D eigenvalue weighted by Gasteiger charge is -2.15. The van der Waals surface area contributed by atoms with Crippen LogP contribution in [0.4, 0.5) is 11.5 Å². The van der Waals surface area contributed by atoms with Crippen molar-refractivity contribution in [1.29, 1.82) is 0 Å². The van der Waals surface area contributed by atoms with E-state index in [4.69, 9.17) is 19.9 Å². The van der Waals surface area contributed by atoms with Crippen LogP contribution in [0.1, 0.15) is 40.1 Å². The summed E-state index contributed by atoms with van der Waals surface area (Å²) < 4.78 is 16.4. The average molecular weight is 524 g/mol. The molecule has 1 heterocycles. The standard InChI is InChI=1S/C26H31N5O5.C2H6/c1-31(2)11-10-29-25(32)18-12-17(16-36-22-6-5-9-28-24(22)27)13-19(14-18)30-26(33)21-8-7-20(34-3)15-23(21)35-4;1-2/h5-9,12-15H,10-11,16H2,1-4H3,(H2,27,28)(H,29,32)(H,30,33);1-2H3. The molecule has 204 valence electrons. The third-order valence-corrected chi connectivity index (χ3v) is 5.20. The molecule has 0 saturated carbocycles. The monoisotopic (exact) mass is 523 g/mol. The summed E-state index contributed by atoms with van der Waals surface area (Å²) in [6.45, 7) is 5.28. The van der Waals surface area contributed by atoms with Gasteiger partial charge in [-0.3, -0.25) is 9.59 Å². The van der Waals surface area contributed by atoms with Gasteiger partial charge in [0.05, 0.1) is 19.8 Å². The van der Waals surface area contributed by atoms with Crippen LogP contribution in [0.15, 0.2) is 54.7 Å². The van der Waals surface area contributed by atoms with E-state index in [9.17, 15) is 9.59 Å². The number of nitrogens with two attached hydrogens (primary N) is 1. The minimum Gasteiger partial charge on any atom is -0.497 e. The van der Waals surface area contributed by atoms with Gasteiger partial charge in [0, 0.05) is 36.6 Å². The van der Waals surface area contributed by atoms with Gasteiger partial charge < -0.3 is 35.5 Å². The Balaban J connectivity index is 0.00000247. The number of pyridine rings is 1. The smallest absolute Gasteiger partial charge is 0.259 e. The second-order valence-electron chi connectivity index (χ2n) is 8.17. The molecule has 0 aliphatic rings. The zero-order valence-corrected chi connectivity index (χ0v) is 22.8. The molecule has 10 nitrogen and oxygen atoms in total. The fourth-order valence-corrected chi connectivity index (χ4v) is 3.34. The van der Waals surface area contributed by atoms with Crippen LogP contribution < -0.4 is 30.6 Å². The van der Waals surface area contributed by atoms with Gasteiger partial charge in [0.2, 0.25) is 0 Å². The number of methoxy groups -OCH3 is 2. The first-order chi connectivity index (χ1) is 18.3. The fourth-order valence-electron chi connectivity index (χ4n) is 3.34. The second kappa shape index (κ2) is 15.1. The van der Waals surface area contributed by atoms with Gasteiger partial charge >= 0.3 is 0 Å². The van der Waals surface area contributed by atoms with Crippen LogP contribution in [0, 0.1) is 0 Å². The second-order valence-corrected chi connectivity index (χ2v) is 8.17. The molecule has 2 aromatic carbocycles. The molecule has 0 saturated heterocycles. The third kappa shape index (κ3) is 8.67. The predicted molar refractivity (Wildman–Crippen MR) is 149 cm³/mol. The number of amides is 2. The number of carbonyl (C=O) groups is 2. The number of nitrogens with one attached hydrogen (secondary N) is 2. The van der Waals surface area contributed by atoms with Gasteiger partial charge in [0.1, 0.15) is 18.1 Å². The molecule has 0 radical (unpaired) electrons. The van der Waals surface area contributed by atoms with E-state index in [2.05, 4.69) is 15.6 Å². The number of carbonyl (C=O) groups excluding carboxylic acids is 2. The molecule has 1 aromatic heterocycles. The zero-order valence-electron chi connectivity index (χ0n) is 22.8. The number of hydrogen-bond donors (Lipinski definition) is 3. The van der Waals surface area contributed by atoms with Crippen LogP contribution in [0.25, 0.3) is 0 Å². The summed E-state index contributed by atoms with van der Waals surface area (Å²) in [4.78, 5) is 31.9. The first-order valence-corrected chi connectivity index (χ1v) is 12.2. The summed E-state index contributed by atoms with van der Waals surface area (Å²) in [5, 5.41) is 5.73. The number of nitrogens with zero attached hydrogens (tertiary/aromatic N) is 2. The first kappa shape index (κ1) is 29.9. The third-order valence-electron chi connectivity index (χ3n) is 5.20. The Morgan fingerprint density at radius 2 is 1.74 bits per heavy atom. The Morgan fingerprint density at radius 3 is 2.39 bits per heavy atom. The number of aromatic nitrogens is 1. The van der Waals surface area contributed by atoms with Crippen molar-refractivity contribution in [3.8, 4) is 17.2 Å².